The first-order valence-electron chi connectivity index (χ1n) is 7.10. The van der Waals surface area contributed by atoms with Crippen molar-refractivity contribution in [2.75, 3.05) is 6.54 Å². The second-order valence-corrected chi connectivity index (χ2v) is 7.59. The number of aryl methyl sites for hydroxylation is 1. The summed E-state index contributed by atoms with van der Waals surface area (Å²) in [4.78, 5) is 12.6. The van der Waals surface area contributed by atoms with Crippen LogP contribution in [-0.2, 0) is 14.8 Å². The van der Waals surface area contributed by atoms with Crippen molar-refractivity contribution in [2.24, 2.45) is 0 Å². The zero-order chi connectivity index (χ0) is 14.4. The van der Waals surface area contributed by atoms with E-state index < -0.39 is 15.6 Å². The molecule has 1 heterocycles. The molecule has 20 heavy (non-hydrogen) atoms. The van der Waals surface area contributed by atoms with Gasteiger partial charge in [-0.2, -0.15) is 4.31 Å². The normalized spacial score (nSPS) is 27.6. The van der Waals surface area contributed by atoms with E-state index in [-0.39, 0.29) is 5.78 Å². The summed E-state index contributed by atoms with van der Waals surface area (Å²) < 4.78 is 27.4. The van der Waals surface area contributed by atoms with Gasteiger partial charge in [-0.05, 0) is 44.2 Å². The van der Waals surface area contributed by atoms with Crippen LogP contribution in [0, 0.1) is 6.92 Å². The highest BCUT2D eigenvalue weighted by Gasteiger charge is 2.54. The lowest BCUT2D eigenvalue weighted by atomic mass is 9.95. The summed E-state index contributed by atoms with van der Waals surface area (Å²) in [7, 11) is -3.58. The standard InChI is InChI=1S/C15H19NO3S/c1-12-6-2-3-7-13(12)20(18,19)16-11-5-10-15(16)9-4-8-14(15)17/h2-3,6-7H,4-5,8-11H2,1H3. The van der Waals surface area contributed by atoms with E-state index in [9.17, 15) is 13.2 Å². The SMILES string of the molecule is Cc1ccccc1S(=O)(=O)N1CCCC12CCCC2=O. The molecule has 1 spiro atoms. The van der Waals surface area contributed by atoms with E-state index in [4.69, 9.17) is 0 Å². The Morgan fingerprint density at radius 2 is 1.85 bits per heavy atom. The Morgan fingerprint density at radius 1 is 1.15 bits per heavy atom. The molecule has 1 atom stereocenters. The summed E-state index contributed by atoms with van der Waals surface area (Å²) in [5.74, 6) is 0.104. The lowest BCUT2D eigenvalue weighted by Crippen LogP contribution is -2.50. The van der Waals surface area contributed by atoms with Crippen molar-refractivity contribution in [3.8, 4) is 0 Å². The van der Waals surface area contributed by atoms with Gasteiger partial charge >= 0.3 is 0 Å². The van der Waals surface area contributed by atoms with Crippen LogP contribution in [0.4, 0.5) is 0 Å². The molecule has 2 fully saturated rings. The number of ketones is 1. The fourth-order valence-electron chi connectivity index (χ4n) is 3.61. The Kier molecular flexibility index (Phi) is 3.21. The molecule has 1 aromatic carbocycles. The highest BCUT2D eigenvalue weighted by atomic mass is 32.2. The van der Waals surface area contributed by atoms with Crippen molar-refractivity contribution in [3.05, 3.63) is 29.8 Å². The van der Waals surface area contributed by atoms with Gasteiger partial charge in [0.2, 0.25) is 10.0 Å². The van der Waals surface area contributed by atoms with Crippen molar-refractivity contribution < 1.29 is 13.2 Å². The van der Waals surface area contributed by atoms with Crippen molar-refractivity contribution >= 4 is 15.8 Å². The molecule has 1 saturated carbocycles. The smallest absolute Gasteiger partial charge is 0.244 e. The second-order valence-electron chi connectivity index (χ2n) is 5.75. The molecule has 2 aliphatic rings. The third-order valence-corrected chi connectivity index (χ3v) is 6.73. The predicted octanol–water partition coefficient (Wildman–Crippen LogP) is 2.27. The van der Waals surface area contributed by atoms with Crippen LogP contribution >= 0.6 is 0 Å². The van der Waals surface area contributed by atoms with Crippen LogP contribution in [0.3, 0.4) is 0 Å². The minimum Gasteiger partial charge on any atom is -0.298 e. The van der Waals surface area contributed by atoms with Gasteiger partial charge in [-0.1, -0.05) is 18.2 Å². The Balaban J connectivity index is 2.08. The number of hydrogen-bond acceptors (Lipinski definition) is 3. The van der Waals surface area contributed by atoms with Crippen molar-refractivity contribution in [3.63, 3.8) is 0 Å². The van der Waals surface area contributed by atoms with E-state index in [1.807, 2.05) is 6.07 Å². The first-order valence-corrected chi connectivity index (χ1v) is 8.54. The van der Waals surface area contributed by atoms with Crippen LogP contribution in [0.25, 0.3) is 0 Å². The average molecular weight is 293 g/mol. The Morgan fingerprint density at radius 3 is 2.50 bits per heavy atom. The molecule has 4 nitrogen and oxygen atoms in total. The van der Waals surface area contributed by atoms with Gasteiger partial charge in [0.25, 0.3) is 0 Å². The second kappa shape index (κ2) is 4.67. The van der Waals surface area contributed by atoms with E-state index in [2.05, 4.69) is 0 Å². The molecule has 0 N–H and O–H groups in total. The highest BCUT2D eigenvalue weighted by molar-refractivity contribution is 7.89. The van der Waals surface area contributed by atoms with E-state index in [0.717, 1.165) is 18.4 Å². The van der Waals surface area contributed by atoms with Gasteiger partial charge in [-0.3, -0.25) is 4.79 Å². The first kappa shape index (κ1) is 13.8. The van der Waals surface area contributed by atoms with Gasteiger partial charge in [0.1, 0.15) is 0 Å². The molecule has 0 amide bonds. The topological polar surface area (TPSA) is 54.5 Å². The fraction of sp³-hybridized carbons (Fsp3) is 0.533. The number of carbonyl (C=O) groups is 1. The maximum absolute atomic E-state index is 12.9. The zero-order valence-electron chi connectivity index (χ0n) is 11.6. The molecule has 0 bridgehead atoms. The van der Waals surface area contributed by atoms with Crippen molar-refractivity contribution in [1.82, 2.24) is 4.31 Å². The molecule has 1 saturated heterocycles. The molecule has 108 valence electrons. The molecule has 0 aromatic heterocycles. The molecular formula is C15H19NO3S. The van der Waals surface area contributed by atoms with Crippen LogP contribution < -0.4 is 0 Å². The molecule has 0 radical (unpaired) electrons. The number of carbonyl (C=O) groups excluding carboxylic acids is 1. The van der Waals surface area contributed by atoms with Gasteiger partial charge < -0.3 is 0 Å². The maximum Gasteiger partial charge on any atom is 0.244 e. The summed E-state index contributed by atoms with van der Waals surface area (Å²) in [6.07, 6.45) is 3.45. The van der Waals surface area contributed by atoms with Crippen LogP contribution in [-0.4, -0.2) is 30.6 Å². The van der Waals surface area contributed by atoms with Gasteiger partial charge in [-0.25, -0.2) is 8.42 Å². The van der Waals surface area contributed by atoms with E-state index in [1.54, 1.807) is 25.1 Å². The zero-order valence-corrected chi connectivity index (χ0v) is 12.4. The summed E-state index contributed by atoms with van der Waals surface area (Å²) in [5.41, 5.74) is -0.0128. The molecule has 5 heteroatoms. The average Bonchev–Trinajstić information content (AvgIpc) is 2.99. The van der Waals surface area contributed by atoms with Crippen LogP contribution in [0.15, 0.2) is 29.2 Å². The number of rotatable bonds is 2. The fourth-order valence-corrected chi connectivity index (χ4v) is 5.69. The van der Waals surface area contributed by atoms with E-state index >= 15 is 0 Å². The monoisotopic (exact) mass is 293 g/mol. The van der Waals surface area contributed by atoms with Gasteiger partial charge in [0, 0.05) is 13.0 Å². The molecule has 1 aliphatic carbocycles. The Labute approximate surface area is 119 Å². The summed E-state index contributed by atoms with van der Waals surface area (Å²) in [5, 5.41) is 0. The van der Waals surface area contributed by atoms with Gasteiger partial charge in [0.15, 0.2) is 5.78 Å². The highest BCUT2D eigenvalue weighted by Crippen LogP contribution is 2.43. The van der Waals surface area contributed by atoms with Gasteiger partial charge in [-0.15, -0.1) is 0 Å². The van der Waals surface area contributed by atoms with Crippen LogP contribution in [0.2, 0.25) is 0 Å². The molecule has 1 aliphatic heterocycles. The van der Waals surface area contributed by atoms with Crippen LogP contribution in [0.1, 0.15) is 37.7 Å². The Bertz CT molecular complexity index is 649. The largest absolute Gasteiger partial charge is 0.298 e. The molecule has 1 unspecified atom stereocenters. The number of benzene rings is 1. The van der Waals surface area contributed by atoms with Crippen LogP contribution in [0.5, 0.6) is 0 Å². The third-order valence-electron chi connectivity index (χ3n) is 4.60. The maximum atomic E-state index is 12.9. The van der Waals surface area contributed by atoms with Crippen molar-refractivity contribution in [1.29, 1.82) is 0 Å². The third kappa shape index (κ3) is 1.84. The quantitative estimate of drug-likeness (QED) is 0.840. The lowest BCUT2D eigenvalue weighted by Gasteiger charge is -2.32. The number of nitrogens with zero attached hydrogens (tertiary/aromatic N) is 1. The van der Waals surface area contributed by atoms with E-state index in [1.165, 1.54) is 4.31 Å². The van der Waals surface area contributed by atoms with Gasteiger partial charge in [0.05, 0.1) is 10.4 Å². The molecule has 3 rings (SSSR count). The Hall–Kier alpha value is -1.20. The minimum absolute atomic E-state index is 0.104. The minimum atomic E-state index is -3.58. The van der Waals surface area contributed by atoms with E-state index in [0.29, 0.717) is 30.7 Å². The molecular weight excluding hydrogens is 274 g/mol. The molecule has 1 aromatic rings. The summed E-state index contributed by atoms with van der Waals surface area (Å²) >= 11 is 0. The summed E-state index contributed by atoms with van der Waals surface area (Å²) in [6.45, 7) is 2.26. The summed E-state index contributed by atoms with van der Waals surface area (Å²) in [6, 6.07) is 7.00. The van der Waals surface area contributed by atoms with Crippen molar-refractivity contribution in [2.45, 2.75) is 49.5 Å². The first-order chi connectivity index (χ1) is 9.48. The lowest BCUT2D eigenvalue weighted by molar-refractivity contribution is -0.124. The number of Topliss-reactive ketones (excluding diaryl/α,β-unsaturated/α-hetero) is 1. The number of hydrogen-bond donors (Lipinski definition) is 0. The predicted molar refractivity (Wildman–Crippen MR) is 75.9 cm³/mol. The number of sulfonamides is 1.